The Kier molecular flexibility index (Phi) is 12.2. The SMILES string of the molecule is CCCOCc1cc(OC)c(-c2ccc(C[C@H](NC(=O)C(=NOC)C3CCOCC3)C(=O)OC)cc2)c(OC)c1. The summed E-state index contributed by atoms with van der Waals surface area (Å²) in [4.78, 5) is 30.7. The molecule has 0 aromatic heterocycles. The maximum absolute atomic E-state index is 13.1. The van der Waals surface area contributed by atoms with E-state index in [0.29, 0.717) is 50.8 Å². The fraction of sp³-hybridized carbons (Fsp3) is 0.500. The van der Waals surface area contributed by atoms with E-state index >= 15 is 0 Å². The number of carbonyl (C=O) groups excluding carboxylic acids is 2. The molecule has 2 aromatic rings. The molecule has 2 aromatic carbocycles. The van der Waals surface area contributed by atoms with Crippen molar-refractivity contribution in [1.29, 1.82) is 0 Å². The first-order valence-electron chi connectivity index (χ1n) is 13.4. The summed E-state index contributed by atoms with van der Waals surface area (Å²) in [6.45, 7) is 4.29. The van der Waals surface area contributed by atoms with Crippen LogP contribution in [0.1, 0.15) is 37.3 Å². The molecule has 0 spiro atoms. The molecular formula is C30H40N2O8. The molecule has 1 saturated heterocycles. The van der Waals surface area contributed by atoms with Crippen LogP contribution in [0.25, 0.3) is 11.1 Å². The third-order valence-electron chi connectivity index (χ3n) is 6.69. The van der Waals surface area contributed by atoms with Gasteiger partial charge in [-0.15, -0.1) is 0 Å². The largest absolute Gasteiger partial charge is 0.496 e. The zero-order valence-electron chi connectivity index (χ0n) is 24.0. The van der Waals surface area contributed by atoms with E-state index in [4.69, 9.17) is 28.5 Å². The summed E-state index contributed by atoms with van der Waals surface area (Å²) in [5, 5.41) is 6.75. The van der Waals surface area contributed by atoms with Crippen molar-refractivity contribution in [1.82, 2.24) is 5.32 Å². The summed E-state index contributed by atoms with van der Waals surface area (Å²) < 4.78 is 27.5. The highest BCUT2D eigenvalue weighted by Gasteiger charge is 2.30. The highest BCUT2D eigenvalue weighted by atomic mass is 16.6. The number of hydrogen-bond donors (Lipinski definition) is 1. The highest BCUT2D eigenvalue weighted by molar-refractivity contribution is 6.39. The van der Waals surface area contributed by atoms with Gasteiger partial charge in [-0.3, -0.25) is 4.79 Å². The minimum atomic E-state index is -0.906. The van der Waals surface area contributed by atoms with E-state index in [-0.39, 0.29) is 18.1 Å². The average Bonchev–Trinajstić information content (AvgIpc) is 2.99. The summed E-state index contributed by atoms with van der Waals surface area (Å²) >= 11 is 0. The number of rotatable bonds is 14. The molecule has 40 heavy (non-hydrogen) atoms. The van der Waals surface area contributed by atoms with Crippen LogP contribution in [0.3, 0.4) is 0 Å². The first kappa shape index (κ1) is 30.9. The molecule has 1 aliphatic rings. The third-order valence-corrected chi connectivity index (χ3v) is 6.69. The van der Waals surface area contributed by atoms with Crippen LogP contribution >= 0.6 is 0 Å². The molecule has 218 valence electrons. The monoisotopic (exact) mass is 556 g/mol. The van der Waals surface area contributed by atoms with Crippen LogP contribution < -0.4 is 14.8 Å². The average molecular weight is 557 g/mol. The summed E-state index contributed by atoms with van der Waals surface area (Å²) in [5.41, 5.74) is 3.73. The number of oxime groups is 1. The standard InChI is InChI=1S/C30H40N2O8/c1-6-13-40-19-21-17-25(35-2)27(26(18-21)36-3)22-9-7-20(8-10-22)16-24(30(34)37-4)31-29(33)28(32-38-5)23-11-14-39-15-12-23/h7-10,17-18,23-24H,6,11-16,19H2,1-5H3,(H,31,33)/t24-/m0/s1. The lowest BCUT2D eigenvalue weighted by molar-refractivity contribution is -0.144. The maximum Gasteiger partial charge on any atom is 0.328 e. The van der Waals surface area contributed by atoms with E-state index in [9.17, 15) is 9.59 Å². The lowest BCUT2D eigenvalue weighted by Crippen LogP contribution is -2.47. The van der Waals surface area contributed by atoms with Gasteiger partial charge < -0.3 is 33.8 Å². The summed E-state index contributed by atoms with van der Waals surface area (Å²) in [7, 11) is 5.93. The van der Waals surface area contributed by atoms with Gasteiger partial charge >= 0.3 is 5.97 Å². The predicted molar refractivity (Wildman–Crippen MR) is 151 cm³/mol. The molecule has 10 nitrogen and oxygen atoms in total. The molecule has 0 saturated carbocycles. The minimum Gasteiger partial charge on any atom is -0.496 e. The van der Waals surface area contributed by atoms with Crippen molar-refractivity contribution in [3.05, 3.63) is 47.5 Å². The van der Waals surface area contributed by atoms with Crippen molar-refractivity contribution in [3.63, 3.8) is 0 Å². The van der Waals surface area contributed by atoms with Gasteiger partial charge in [-0.25, -0.2) is 4.79 Å². The summed E-state index contributed by atoms with van der Waals surface area (Å²) in [5.74, 6) is 0.212. The van der Waals surface area contributed by atoms with Gasteiger partial charge in [0, 0.05) is 32.2 Å². The second kappa shape index (κ2) is 15.8. The lowest BCUT2D eigenvalue weighted by Gasteiger charge is -2.24. The molecule has 0 unspecified atom stereocenters. The van der Waals surface area contributed by atoms with Crippen molar-refractivity contribution in [2.24, 2.45) is 11.1 Å². The first-order chi connectivity index (χ1) is 19.4. The van der Waals surface area contributed by atoms with E-state index in [1.165, 1.54) is 14.2 Å². The van der Waals surface area contributed by atoms with Crippen molar-refractivity contribution < 1.29 is 38.1 Å². The molecule has 1 atom stereocenters. The zero-order chi connectivity index (χ0) is 28.9. The summed E-state index contributed by atoms with van der Waals surface area (Å²) in [6.07, 6.45) is 2.48. The molecular weight excluding hydrogens is 516 g/mol. The smallest absolute Gasteiger partial charge is 0.328 e. The van der Waals surface area contributed by atoms with Crippen LogP contribution in [0.15, 0.2) is 41.6 Å². The lowest BCUT2D eigenvalue weighted by atomic mass is 9.93. The van der Waals surface area contributed by atoms with Gasteiger partial charge in [-0.05, 0) is 48.1 Å². The molecule has 0 aliphatic carbocycles. The number of benzene rings is 2. The van der Waals surface area contributed by atoms with Gasteiger partial charge in [-0.2, -0.15) is 0 Å². The molecule has 3 rings (SSSR count). The Labute approximate surface area is 235 Å². The molecule has 1 aliphatic heterocycles. The van der Waals surface area contributed by atoms with Crippen LogP contribution in [-0.2, 0) is 41.7 Å². The van der Waals surface area contributed by atoms with E-state index in [1.54, 1.807) is 14.2 Å². The van der Waals surface area contributed by atoms with Gasteiger partial charge in [0.1, 0.15) is 30.4 Å². The molecule has 1 heterocycles. The molecule has 1 N–H and O–H groups in total. The van der Waals surface area contributed by atoms with Gasteiger partial charge in [0.2, 0.25) is 0 Å². The van der Waals surface area contributed by atoms with Gasteiger partial charge in [0.15, 0.2) is 0 Å². The Balaban J connectivity index is 1.80. The van der Waals surface area contributed by atoms with E-state index in [0.717, 1.165) is 28.7 Å². The number of amides is 1. The fourth-order valence-corrected chi connectivity index (χ4v) is 4.65. The molecule has 0 bridgehead atoms. The van der Waals surface area contributed by atoms with Crippen LogP contribution in [0.2, 0.25) is 0 Å². The van der Waals surface area contributed by atoms with Crippen molar-refractivity contribution >= 4 is 17.6 Å². The van der Waals surface area contributed by atoms with Crippen molar-refractivity contribution in [2.75, 3.05) is 48.3 Å². The number of nitrogens with one attached hydrogen (secondary N) is 1. The second-order valence-corrected chi connectivity index (χ2v) is 9.42. The Bertz CT molecular complexity index is 1120. The number of hydrogen-bond acceptors (Lipinski definition) is 9. The van der Waals surface area contributed by atoms with Crippen LogP contribution in [-0.4, -0.2) is 71.9 Å². The van der Waals surface area contributed by atoms with Crippen molar-refractivity contribution in [3.8, 4) is 22.6 Å². The number of nitrogens with zero attached hydrogens (tertiary/aromatic N) is 1. The number of ether oxygens (including phenoxy) is 5. The molecule has 0 radical (unpaired) electrons. The number of methoxy groups -OCH3 is 3. The van der Waals surface area contributed by atoms with Crippen molar-refractivity contribution in [2.45, 2.75) is 45.3 Å². The Morgan fingerprint density at radius 2 is 1.65 bits per heavy atom. The van der Waals surface area contributed by atoms with E-state index in [2.05, 4.69) is 17.4 Å². The number of esters is 1. The highest BCUT2D eigenvalue weighted by Crippen LogP contribution is 2.40. The molecule has 10 heteroatoms. The Morgan fingerprint density at radius 3 is 2.20 bits per heavy atom. The van der Waals surface area contributed by atoms with Crippen LogP contribution in [0.4, 0.5) is 0 Å². The predicted octanol–water partition coefficient (Wildman–Crippen LogP) is 3.93. The van der Waals surface area contributed by atoms with E-state index in [1.807, 2.05) is 36.4 Å². The quantitative estimate of drug-likeness (QED) is 0.161. The van der Waals surface area contributed by atoms with Gasteiger partial charge in [0.05, 0.1) is 33.5 Å². The van der Waals surface area contributed by atoms with Crippen LogP contribution in [0.5, 0.6) is 11.5 Å². The Morgan fingerprint density at radius 1 is 1.00 bits per heavy atom. The van der Waals surface area contributed by atoms with Crippen LogP contribution in [0, 0.1) is 5.92 Å². The topological polar surface area (TPSA) is 114 Å². The Hall–Kier alpha value is -3.63. The number of carbonyl (C=O) groups is 2. The maximum atomic E-state index is 13.1. The van der Waals surface area contributed by atoms with Gasteiger partial charge in [-0.1, -0.05) is 36.3 Å². The first-order valence-corrected chi connectivity index (χ1v) is 13.4. The minimum absolute atomic E-state index is 0.110. The molecule has 1 fully saturated rings. The second-order valence-electron chi connectivity index (χ2n) is 9.42. The fourth-order valence-electron chi connectivity index (χ4n) is 4.65. The van der Waals surface area contributed by atoms with Gasteiger partial charge in [0.25, 0.3) is 5.91 Å². The van der Waals surface area contributed by atoms with E-state index < -0.39 is 17.9 Å². The third kappa shape index (κ3) is 8.19. The molecule has 1 amide bonds. The zero-order valence-corrected chi connectivity index (χ0v) is 24.0. The summed E-state index contributed by atoms with van der Waals surface area (Å²) in [6, 6.07) is 10.6. The normalized spacial score (nSPS) is 14.8.